The molecule has 1 aromatic heterocycles. The molecular weight excluding hydrogens is 276 g/mol. The van der Waals surface area contributed by atoms with E-state index in [1.54, 1.807) is 0 Å². The standard InChI is InChI=1S/C14H22N2O5/c1-13(2,3)10-4-9(12(20)21)5-11(15-10)16-14(6-17,7-18)8-19/h4-5,17-19H,6-8H2,1-3H3,(H,15,16)(H,20,21). The normalized spacial score (nSPS) is 12.3. The van der Waals surface area contributed by atoms with Crippen molar-refractivity contribution in [3.63, 3.8) is 0 Å². The average Bonchev–Trinajstić information content (AvgIpc) is 2.43. The number of aliphatic hydroxyl groups excluding tert-OH is 3. The number of hydrogen-bond donors (Lipinski definition) is 5. The fourth-order valence-electron chi connectivity index (χ4n) is 1.64. The van der Waals surface area contributed by atoms with Crippen LogP contribution in [-0.2, 0) is 5.41 Å². The molecule has 0 aliphatic rings. The number of aromatic carboxylic acids is 1. The zero-order chi connectivity index (χ0) is 16.3. The third-order valence-corrected chi connectivity index (χ3v) is 3.14. The number of carboxylic acid groups (broad SMARTS) is 1. The molecule has 7 heteroatoms. The Labute approximate surface area is 123 Å². The number of carbonyl (C=O) groups is 1. The van der Waals surface area contributed by atoms with Crippen molar-refractivity contribution in [3.05, 3.63) is 23.4 Å². The van der Waals surface area contributed by atoms with E-state index in [0.29, 0.717) is 5.69 Å². The van der Waals surface area contributed by atoms with Crippen molar-refractivity contribution < 1.29 is 25.2 Å². The lowest BCUT2D eigenvalue weighted by Gasteiger charge is -2.30. The van der Waals surface area contributed by atoms with Gasteiger partial charge in [-0.25, -0.2) is 9.78 Å². The molecule has 0 unspecified atom stereocenters. The lowest BCUT2D eigenvalue weighted by Crippen LogP contribution is -2.49. The van der Waals surface area contributed by atoms with Crippen LogP contribution in [0.3, 0.4) is 0 Å². The summed E-state index contributed by atoms with van der Waals surface area (Å²) in [4.78, 5) is 15.5. The summed E-state index contributed by atoms with van der Waals surface area (Å²) < 4.78 is 0. The van der Waals surface area contributed by atoms with Crippen molar-refractivity contribution in [3.8, 4) is 0 Å². The number of nitrogens with one attached hydrogen (secondary N) is 1. The Morgan fingerprint density at radius 1 is 1.14 bits per heavy atom. The molecule has 0 bridgehead atoms. The van der Waals surface area contributed by atoms with Gasteiger partial charge in [-0.2, -0.15) is 0 Å². The Hall–Kier alpha value is -1.70. The smallest absolute Gasteiger partial charge is 0.335 e. The van der Waals surface area contributed by atoms with Gasteiger partial charge >= 0.3 is 5.97 Å². The summed E-state index contributed by atoms with van der Waals surface area (Å²) in [6.45, 7) is 4.10. The van der Waals surface area contributed by atoms with Gasteiger partial charge in [0.25, 0.3) is 0 Å². The molecule has 0 fully saturated rings. The van der Waals surface area contributed by atoms with Crippen LogP contribution in [0.2, 0.25) is 0 Å². The highest BCUT2D eigenvalue weighted by molar-refractivity contribution is 5.88. The van der Waals surface area contributed by atoms with Gasteiger partial charge < -0.3 is 25.7 Å². The first-order valence-electron chi connectivity index (χ1n) is 6.54. The van der Waals surface area contributed by atoms with E-state index in [9.17, 15) is 20.1 Å². The molecule has 0 atom stereocenters. The predicted octanol–water partition coefficient (Wildman–Crippen LogP) is 0.205. The molecule has 5 N–H and O–H groups in total. The fraction of sp³-hybridized carbons (Fsp3) is 0.571. The molecule has 0 radical (unpaired) electrons. The maximum Gasteiger partial charge on any atom is 0.335 e. The van der Waals surface area contributed by atoms with Crippen LogP contribution in [0.4, 0.5) is 5.82 Å². The van der Waals surface area contributed by atoms with Gasteiger partial charge in [0.2, 0.25) is 0 Å². The number of aliphatic hydroxyl groups is 3. The number of pyridine rings is 1. The van der Waals surface area contributed by atoms with E-state index >= 15 is 0 Å². The summed E-state index contributed by atoms with van der Waals surface area (Å²) in [6.07, 6.45) is 0. The molecule has 1 heterocycles. The lowest BCUT2D eigenvalue weighted by atomic mass is 9.90. The third-order valence-electron chi connectivity index (χ3n) is 3.14. The predicted molar refractivity (Wildman–Crippen MR) is 77.5 cm³/mol. The van der Waals surface area contributed by atoms with Crippen LogP contribution in [0.25, 0.3) is 0 Å². The Morgan fingerprint density at radius 3 is 2.05 bits per heavy atom. The number of carboxylic acids is 1. The van der Waals surface area contributed by atoms with Crippen molar-refractivity contribution in [2.45, 2.75) is 31.7 Å². The zero-order valence-electron chi connectivity index (χ0n) is 12.4. The molecule has 1 rings (SSSR count). The van der Waals surface area contributed by atoms with Gasteiger partial charge in [0.15, 0.2) is 0 Å². The van der Waals surface area contributed by atoms with Crippen molar-refractivity contribution in [1.82, 2.24) is 4.98 Å². The SMILES string of the molecule is CC(C)(C)c1cc(C(=O)O)cc(NC(CO)(CO)CO)n1. The van der Waals surface area contributed by atoms with E-state index < -0.39 is 31.3 Å². The first kappa shape index (κ1) is 17.4. The van der Waals surface area contributed by atoms with E-state index in [-0.39, 0.29) is 16.8 Å². The summed E-state index contributed by atoms with van der Waals surface area (Å²) in [7, 11) is 0. The molecule has 0 aliphatic carbocycles. The molecule has 7 nitrogen and oxygen atoms in total. The maximum absolute atomic E-state index is 11.2. The molecule has 0 saturated heterocycles. The number of anilines is 1. The van der Waals surface area contributed by atoms with Gasteiger partial charge in [-0.1, -0.05) is 20.8 Å². The maximum atomic E-state index is 11.2. The minimum atomic E-state index is -1.36. The third kappa shape index (κ3) is 4.13. The molecule has 0 amide bonds. The lowest BCUT2D eigenvalue weighted by molar-refractivity contribution is 0.0696. The van der Waals surface area contributed by atoms with E-state index in [4.69, 9.17) is 5.11 Å². The van der Waals surface area contributed by atoms with E-state index in [1.165, 1.54) is 12.1 Å². The second-order valence-corrected chi connectivity index (χ2v) is 6.06. The van der Waals surface area contributed by atoms with Crippen LogP contribution in [0.5, 0.6) is 0 Å². The Balaban J connectivity index is 3.29. The summed E-state index contributed by atoms with van der Waals surface area (Å²) in [6, 6.07) is 2.78. The summed E-state index contributed by atoms with van der Waals surface area (Å²) in [5, 5.41) is 39.8. The van der Waals surface area contributed by atoms with Gasteiger partial charge in [0, 0.05) is 11.1 Å². The first-order valence-corrected chi connectivity index (χ1v) is 6.54. The molecule has 0 saturated carbocycles. The summed E-state index contributed by atoms with van der Waals surface area (Å²) in [5.41, 5.74) is -1.14. The van der Waals surface area contributed by atoms with Crippen LogP contribution in [0, 0.1) is 0 Å². The topological polar surface area (TPSA) is 123 Å². The van der Waals surface area contributed by atoms with Gasteiger partial charge in [-0.05, 0) is 12.1 Å². The number of nitrogens with zero attached hydrogens (tertiary/aromatic N) is 1. The van der Waals surface area contributed by atoms with Gasteiger partial charge in [-0.3, -0.25) is 0 Å². The molecule has 0 spiro atoms. The monoisotopic (exact) mass is 298 g/mol. The minimum Gasteiger partial charge on any atom is -0.478 e. The first-order chi connectivity index (χ1) is 9.67. The highest BCUT2D eigenvalue weighted by Gasteiger charge is 2.29. The van der Waals surface area contributed by atoms with E-state index in [1.807, 2.05) is 20.8 Å². The molecule has 1 aromatic rings. The second kappa shape index (κ2) is 6.38. The molecule has 21 heavy (non-hydrogen) atoms. The Bertz CT molecular complexity index is 498. The van der Waals surface area contributed by atoms with Crippen molar-refractivity contribution in [2.75, 3.05) is 25.1 Å². The molecule has 0 aliphatic heterocycles. The van der Waals surface area contributed by atoms with Crippen LogP contribution >= 0.6 is 0 Å². The van der Waals surface area contributed by atoms with Crippen LogP contribution in [0.15, 0.2) is 12.1 Å². The van der Waals surface area contributed by atoms with Crippen LogP contribution < -0.4 is 5.32 Å². The molecule has 118 valence electrons. The zero-order valence-corrected chi connectivity index (χ0v) is 12.4. The fourth-order valence-corrected chi connectivity index (χ4v) is 1.64. The highest BCUT2D eigenvalue weighted by atomic mass is 16.4. The van der Waals surface area contributed by atoms with Crippen LogP contribution in [-0.4, -0.2) is 56.7 Å². The van der Waals surface area contributed by atoms with E-state index in [2.05, 4.69) is 10.3 Å². The average molecular weight is 298 g/mol. The highest BCUT2D eigenvalue weighted by Crippen LogP contribution is 2.24. The summed E-state index contributed by atoms with van der Waals surface area (Å²) >= 11 is 0. The van der Waals surface area contributed by atoms with Crippen LogP contribution in [0.1, 0.15) is 36.8 Å². The Morgan fingerprint density at radius 2 is 1.67 bits per heavy atom. The largest absolute Gasteiger partial charge is 0.478 e. The summed E-state index contributed by atoms with van der Waals surface area (Å²) in [5.74, 6) is -0.925. The molecule has 0 aromatic carbocycles. The van der Waals surface area contributed by atoms with Crippen molar-refractivity contribution in [2.24, 2.45) is 0 Å². The van der Waals surface area contributed by atoms with E-state index in [0.717, 1.165) is 0 Å². The van der Waals surface area contributed by atoms with Crippen molar-refractivity contribution >= 4 is 11.8 Å². The second-order valence-electron chi connectivity index (χ2n) is 6.06. The van der Waals surface area contributed by atoms with Crippen molar-refractivity contribution in [1.29, 1.82) is 0 Å². The number of aromatic nitrogens is 1. The van der Waals surface area contributed by atoms with Gasteiger partial charge in [-0.15, -0.1) is 0 Å². The Kier molecular flexibility index (Phi) is 5.27. The minimum absolute atomic E-state index is 0.0418. The van der Waals surface area contributed by atoms with Gasteiger partial charge in [0.05, 0.1) is 25.4 Å². The number of hydrogen-bond acceptors (Lipinski definition) is 6. The quantitative estimate of drug-likeness (QED) is 0.508. The molecular formula is C14H22N2O5. The van der Waals surface area contributed by atoms with Gasteiger partial charge in [0.1, 0.15) is 11.4 Å². The number of rotatable bonds is 6.